The molecule has 0 saturated carbocycles. The number of benzene rings is 1. The summed E-state index contributed by atoms with van der Waals surface area (Å²) >= 11 is 0. The largest absolute Gasteiger partial charge is 0.485 e. The van der Waals surface area contributed by atoms with Crippen molar-refractivity contribution in [1.29, 1.82) is 5.26 Å². The number of hydrogen-bond donors (Lipinski definition) is 1. The van der Waals surface area contributed by atoms with E-state index in [1.54, 1.807) is 18.5 Å². The molecule has 1 N–H and O–H groups in total. The van der Waals surface area contributed by atoms with Gasteiger partial charge in [-0.25, -0.2) is 13.9 Å². The molecule has 1 aliphatic rings. The molecule has 2 heterocycles. The summed E-state index contributed by atoms with van der Waals surface area (Å²) in [4.78, 5) is 4.50. The van der Waals surface area contributed by atoms with Gasteiger partial charge in [0.25, 0.3) is 0 Å². The number of imidazole rings is 1. The topological polar surface area (TPSA) is 79.9 Å². The minimum Gasteiger partial charge on any atom is -0.485 e. The van der Waals surface area contributed by atoms with E-state index in [2.05, 4.69) is 15.8 Å². The van der Waals surface area contributed by atoms with Crippen LogP contribution in [-0.2, 0) is 17.6 Å². The summed E-state index contributed by atoms with van der Waals surface area (Å²) in [5, 5.41) is 9.00. The third-order valence-electron chi connectivity index (χ3n) is 3.86. The lowest BCUT2D eigenvalue weighted by atomic mass is 10.1. The quantitative estimate of drug-likeness (QED) is 0.928. The van der Waals surface area contributed by atoms with Gasteiger partial charge in [0, 0.05) is 6.07 Å². The maximum absolute atomic E-state index is 12.3. The molecule has 3 rings (SSSR count). The van der Waals surface area contributed by atoms with Gasteiger partial charge >= 0.3 is 0 Å². The Hall–Kier alpha value is -2.17. The van der Waals surface area contributed by atoms with Crippen LogP contribution >= 0.6 is 0 Å². The van der Waals surface area contributed by atoms with Crippen molar-refractivity contribution >= 4 is 11.0 Å². The number of ether oxygens (including phenoxy) is 1. The highest BCUT2D eigenvalue weighted by Gasteiger charge is 2.27. The fourth-order valence-corrected chi connectivity index (χ4v) is 3.32. The van der Waals surface area contributed by atoms with Gasteiger partial charge in [0.1, 0.15) is 18.7 Å². The Kier molecular flexibility index (Phi) is 4.20. The zero-order chi connectivity index (χ0) is 17.5. The standard InChI is InChI=1S/C17H20N4O2S/c1-11(20-24(22)17(2,3)4)16-14-9-23-15-7-12(8-18)5-6-13(15)21(14)10-19-16/h5-7,10-11,20H,9H2,1-4H3/t11-,24-/m0/s1. The first-order valence-electron chi connectivity index (χ1n) is 7.72. The third kappa shape index (κ3) is 2.95. The number of nitrogens with one attached hydrogen (secondary N) is 1. The van der Waals surface area contributed by atoms with Crippen LogP contribution in [0.5, 0.6) is 5.75 Å². The SMILES string of the molecule is C[C@H](N[S@@](=O)C(C)(C)C)c1ncn2c1COc1cc(C#N)ccc1-2. The molecule has 0 aliphatic carbocycles. The van der Waals surface area contributed by atoms with Gasteiger partial charge < -0.3 is 4.74 Å². The zero-order valence-corrected chi connectivity index (χ0v) is 15.0. The second kappa shape index (κ2) is 6.04. The van der Waals surface area contributed by atoms with Crippen molar-refractivity contribution in [2.45, 2.75) is 45.1 Å². The van der Waals surface area contributed by atoms with E-state index in [9.17, 15) is 4.21 Å². The molecule has 2 atom stereocenters. The fraction of sp³-hybridized carbons (Fsp3) is 0.412. The van der Waals surface area contributed by atoms with Crippen molar-refractivity contribution in [1.82, 2.24) is 14.3 Å². The second-order valence-corrected chi connectivity index (χ2v) is 8.75. The Balaban J connectivity index is 1.92. The van der Waals surface area contributed by atoms with Crippen LogP contribution < -0.4 is 9.46 Å². The summed E-state index contributed by atoms with van der Waals surface area (Å²) in [5.41, 5.74) is 3.17. The first-order chi connectivity index (χ1) is 11.3. The summed E-state index contributed by atoms with van der Waals surface area (Å²) in [5.74, 6) is 0.671. The predicted molar refractivity (Wildman–Crippen MR) is 92.1 cm³/mol. The lowest BCUT2D eigenvalue weighted by Crippen LogP contribution is -2.35. The molecule has 0 amide bonds. The molecule has 2 aromatic rings. The Labute approximate surface area is 144 Å². The average Bonchev–Trinajstić information content (AvgIpc) is 2.97. The summed E-state index contributed by atoms with van der Waals surface area (Å²) < 4.78 is 22.8. The van der Waals surface area contributed by atoms with Gasteiger partial charge in [-0.05, 0) is 39.8 Å². The number of nitrogens with zero attached hydrogens (tertiary/aromatic N) is 3. The van der Waals surface area contributed by atoms with Crippen LogP contribution in [0.2, 0.25) is 0 Å². The summed E-state index contributed by atoms with van der Waals surface area (Å²) in [6, 6.07) is 7.29. The van der Waals surface area contributed by atoms with Crippen LogP contribution in [0.4, 0.5) is 0 Å². The van der Waals surface area contributed by atoms with Crippen molar-refractivity contribution in [2.75, 3.05) is 0 Å². The van der Waals surface area contributed by atoms with Gasteiger partial charge in [-0.2, -0.15) is 5.26 Å². The number of hydrogen-bond acceptors (Lipinski definition) is 4. The van der Waals surface area contributed by atoms with Gasteiger partial charge in [-0.3, -0.25) is 4.57 Å². The smallest absolute Gasteiger partial charge is 0.145 e. The van der Waals surface area contributed by atoms with Gasteiger partial charge in [-0.1, -0.05) is 0 Å². The zero-order valence-electron chi connectivity index (χ0n) is 14.2. The van der Waals surface area contributed by atoms with E-state index in [1.165, 1.54) is 0 Å². The van der Waals surface area contributed by atoms with Gasteiger partial charge in [0.05, 0.1) is 50.5 Å². The number of fused-ring (bicyclic) bond motifs is 3. The molecule has 24 heavy (non-hydrogen) atoms. The average molecular weight is 344 g/mol. The van der Waals surface area contributed by atoms with Crippen molar-refractivity contribution in [3.05, 3.63) is 41.5 Å². The van der Waals surface area contributed by atoms with Crippen LogP contribution in [0, 0.1) is 11.3 Å². The van der Waals surface area contributed by atoms with E-state index in [0.717, 1.165) is 17.1 Å². The highest BCUT2D eigenvalue weighted by atomic mass is 32.2. The van der Waals surface area contributed by atoms with Crippen molar-refractivity contribution in [2.24, 2.45) is 0 Å². The van der Waals surface area contributed by atoms with E-state index in [1.807, 2.05) is 38.3 Å². The van der Waals surface area contributed by atoms with Gasteiger partial charge in [0.15, 0.2) is 0 Å². The lowest BCUT2D eigenvalue weighted by Gasteiger charge is -2.24. The molecule has 0 fully saturated rings. The molecule has 0 saturated heterocycles. The van der Waals surface area contributed by atoms with E-state index >= 15 is 0 Å². The maximum atomic E-state index is 12.3. The summed E-state index contributed by atoms with van der Waals surface area (Å²) in [7, 11) is -1.18. The summed E-state index contributed by atoms with van der Waals surface area (Å²) in [6.07, 6.45) is 1.75. The molecule has 0 radical (unpaired) electrons. The van der Waals surface area contributed by atoms with Crippen LogP contribution in [0.15, 0.2) is 24.5 Å². The van der Waals surface area contributed by atoms with E-state index in [0.29, 0.717) is 17.9 Å². The van der Waals surface area contributed by atoms with Gasteiger partial charge in [-0.15, -0.1) is 0 Å². The van der Waals surface area contributed by atoms with Gasteiger partial charge in [0.2, 0.25) is 0 Å². The molecular weight excluding hydrogens is 324 g/mol. The highest BCUT2D eigenvalue weighted by molar-refractivity contribution is 7.84. The molecule has 1 aromatic heterocycles. The second-order valence-electron chi connectivity index (χ2n) is 6.75. The lowest BCUT2D eigenvalue weighted by molar-refractivity contribution is 0.283. The van der Waals surface area contributed by atoms with Crippen molar-refractivity contribution in [3.63, 3.8) is 0 Å². The first-order valence-corrected chi connectivity index (χ1v) is 8.87. The van der Waals surface area contributed by atoms with Crippen LogP contribution in [0.25, 0.3) is 5.69 Å². The molecule has 1 aliphatic heterocycles. The fourth-order valence-electron chi connectivity index (χ4n) is 2.54. The number of nitriles is 1. The monoisotopic (exact) mass is 344 g/mol. The molecule has 6 nitrogen and oxygen atoms in total. The molecular formula is C17H20N4O2S. The predicted octanol–water partition coefficient (Wildman–Crippen LogP) is 2.75. The van der Waals surface area contributed by atoms with Crippen LogP contribution in [0.1, 0.15) is 50.7 Å². The minimum atomic E-state index is -1.18. The van der Waals surface area contributed by atoms with Crippen LogP contribution in [-0.4, -0.2) is 18.5 Å². The minimum absolute atomic E-state index is 0.162. The first kappa shape index (κ1) is 16.7. The molecule has 0 spiro atoms. The van der Waals surface area contributed by atoms with E-state index < -0.39 is 11.0 Å². The Morgan fingerprint density at radius 3 is 2.88 bits per heavy atom. The van der Waals surface area contributed by atoms with Crippen molar-refractivity contribution < 1.29 is 8.95 Å². The van der Waals surface area contributed by atoms with E-state index in [-0.39, 0.29) is 10.8 Å². The number of rotatable bonds is 3. The maximum Gasteiger partial charge on any atom is 0.145 e. The Bertz CT molecular complexity index is 845. The normalized spacial score (nSPS) is 15.6. The van der Waals surface area contributed by atoms with Crippen molar-refractivity contribution in [3.8, 4) is 17.5 Å². The highest BCUT2D eigenvalue weighted by Crippen LogP contribution is 2.33. The van der Waals surface area contributed by atoms with Crippen LogP contribution in [0.3, 0.4) is 0 Å². The Morgan fingerprint density at radius 1 is 1.46 bits per heavy atom. The van der Waals surface area contributed by atoms with E-state index in [4.69, 9.17) is 10.00 Å². The molecule has 7 heteroatoms. The summed E-state index contributed by atoms with van der Waals surface area (Å²) in [6.45, 7) is 8.10. The number of aromatic nitrogens is 2. The molecule has 126 valence electrons. The molecule has 0 bridgehead atoms. The molecule has 0 unspecified atom stereocenters. The Morgan fingerprint density at radius 2 is 2.21 bits per heavy atom. The third-order valence-corrected chi connectivity index (χ3v) is 5.54. The molecule has 1 aromatic carbocycles.